The summed E-state index contributed by atoms with van der Waals surface area (Å²) < 4.78 is 31.2. The van der Waals surface area contributed by atoms with Crippen LogP contribution in [0.1, 0.15) is 11.1 Å². The number of hydrogen-bond acceptors (Lipinski definition) is 6. The Morgan fingerprint density at radius 1 is 0.917 bits per heavy atom. The summed E-state index contributed by atoms with van der Waals surface area (Å²) in [4.78, 5) is 27.6. The van der Waals surface area contributed by atoms with Crippen LogP contribution in [-0.4, -0.2) is 18.2 Å². The van der Waals surface area contributed by atoms with Gasteiger partial charge in [-0.2, -0.15) is 0 Å². The number of rotatable bonds is 4. The van der Waals surface area contributed by atoms with Crippen LogP contribution >= 0.6 is 15.9 Å². The summed E-state index contributed by atoms with van der Waals surface area (Å²) >= 11 is 3.44. The van der Waals surface area contributed by atoms with Crippen molar-refractivity contribution in [2.24, 2.45) is 0 Å². The third-order valence-electron chi connectivity index (χ3n) is 6.37. The minimum Gasteiger partial charge on any atom is -0.478 e. The average Bonchev–Trinajstić information content (AvgIpc) is 2.87. The van der Waals surface area contributed by atoms with Gasteiger partial charge in [-0.05, 0) is 60.5 Å². The monoisotopic (exact) mass is 547 g/mol. The molecule has 0 bridgehead atoms. The molecule has 0 atom stereocenters. The second kappa shape index (κ2) is 9.04. The van der Waals surface area contributed by atoms with E-state index in [4.69, 9.17) is 13.6 Å². The Labute approximate surface area is 212 Å². The van der Waals surface area contributed by atoms with Gasteiger partial charge in [-0.3, -0.25) is 4.90 Å². The quantitative estimate of drug-likeness (QED) is 0.262. The highest BCUT2D eigenvalue weighted by atomic mass is 79.9. The molecule has 0 amide bonds. The predicted octanol–water partition coefficient (Wildman–Crippen LogP) is 5.86. The summed E-state index contributed by atoms with van der Waals surface area (Å²) in [5.41, 5.74) is 2.23. The minimum atomic E-state index is -0.567. The highest BCUT2D eigenvalue weighted by Crippen LogP contribution is 2.36. The maximum absolute atomic E-state index is 13.2. The van der Waals surface area contributed by atoms with Gasteiger partial charge in [-0.15, -0.1) is 0 Å². The highest BCUT2D eigenvalue weighted by molar-refractivity contribution is 9.10. The number of halogens is 2. The molecular formula is C28H19BrFNO5. The third-order valence-corrected chi connectivity index (χ3v) is 6.86. The lowest BCUT2D eigenvalue weighted by molar-refractivity contribution is 0.0968. The normalized spacial score (nSPS) is 13.6. The van der Waals surface area contributed by atoms with Crippen molar-refractivity contribution in [3.8, 4) is 16.9 Å². The van der Waals surface area contributed by atoms with E-state index in [2.05, 4.69) is 20.8 Å². The maximum Gasteiger partial charge on any atom is 0.344 e. The first-order valence-electron chi connectivity index (χ1n) is 11.4. The SMILES string of the molecule is O=c1cc(-c2cc3cc(Br)ccc3oc2=O)c2ccc3c(c2o1)CN(CCc1ccc(F)cc1)CO3. The average molecular weight is 548 g/mol. The number of benzene rings is 3. The molecule has 0 fully saturated rings. The van der Waals surface area contributed by atoms with Gasteiger partial charge in [0, 0.05) is 40.0 Å². The minimum absolute atomic E-state index is 0.264. The van der Waals surface area contributed by atoms with Gasteiger partial charge in [0.2, 0.25) is 0 Å². The lowest BCUT2D eigenvalue weighted by Crippen LogP contribution is -2.33. The Kier molecular flexibility index (Phi) is 5.70. The Hall–Kier alpha value is -3.75. The molecule has 180 valence electrons. The van der Waals surface area contributed by atoms with E-state index < -0.39 is 11.3 Å². The van der Waals surface area contributed by atoms with Gasteiger partial charge >= 0.3 is 11.3 Å². The van der Waals surface area contributed by atoms with Gasteiger partial charge in [0.15, 0.2) is 0 Å². The molecule has 1 aliphatic rings. The Bertz CT molecular complexity index is 1740. The summed E-state index contributed by atoms with van der Waals surface area (Å²) in [6.45, 7) is 1.56. The fraction of sp³-hybridized carbons (Fsp3) is 0.143. The number of nitrogens with zero attached hydrogens (tertiary/aromatic N) is 1. The number of hydrogen-bond donors (Lipinski definition) is 0. The molecule has 5 aromatic rings. The first-order chi connectivity index (χ1) is 17.4. The van der Waals surface area contributed by atoms with E-state index in [0.29, 0.717) is 54.1 Å². The Balaban J connectivity index is 1.40. The van der Waals surface area contributed by atoms with E-state index in [1.54, 1.807) is 36.4 Å². The van der Waals surface area contributed by atoms with Gasteiger partial charge in [-0.25, -0.2) is 14.0 Å². The van der Waals surface area contributed by atoms with Crippen molar-refractivity contribution in [1.82, 2.24) is 4.90 Å². The molecule has 6 rings (SSSR count). The molecule has 8 heteroatoms. The molecular weight excluding hydrogens is 529 g/mol. The summed E-state index contributed by atoms with van der Waals surface area (Å²) in [5, 5.41) is 1.35. The first-order valence-corrected chi connectivity index (χ1v) is 12.2. The molecule has 1 aliphatic heterocycles. The van der Waals surface area contributed by atoms with Crippen LogP contribution in [0.15, 0.2) is 89.6 Å². The molecule has 0 radical (unpaired) electrons. The molecule has 0 saturated heterocycles. The van der Waals surface area contributed by atoms with Crippen molar-refractivity contribution in [2.45, 2.75) is 13.0 Å². The van der Waals surface area contributed by atoms with Crippen molar-refractivity contribution in [2.75, 3.05) is 13.3 Å². The van der Waals surface area contributed by atoms with Crippen LogP contribution in [0.3, 0.4) is 0 Å². The number of ether oxygens (including phenoxy) is 1. The molecule has 0 unspecified atom stereocenters. The topological polar surface area (TPSA) is 72.9 Å². The van der Waals surface area contributed by atoms with E-state index in [-0.39, 0.29) is 11.4 Å². The zero-order chi connectivity index (χ0) is 24.8. The van der Waals surface area contributed by atoms with Crippen LogP contribution in [-0.2, 0) is 13.0 Å². The molecule has 0 spiro atoms. The predicted molar refractivity (Wildman–Crippen MR) is 138 cm³/mol. The fourth-order valence-electron chi connectivity index (χ4n) is 4.57. The molecule has 0 N–H and O–H groups in total. The van der Waals surface area contributed by atoms with Crippen LogP contribution in [0.4, 0.5) is 4.39 Å². The Morgan fingerprint density at radius 2 is 1.75 bits per heavy atom. The van der Waals surface area contributed by atoms with Gasteiger partial charge < -0.3 is 13.6 Å². The van der Waals surface area contributed by atoms with Crippen LogP contribution in [0, 0.1) is 5.82 Å². The second-order valence-electron chi connectivity index (χ2n) is 8.73. The first kappa shape index (κ1) is 22.7. The lowest BCUT2D eigenvalue weighted by Gasteiger charge is -2.29. The summed E-state index contributed by atoms with van der Waals surface area (Å²) in [6.07, 6.45) is 0.715. The summed E-state index contributed by atoms with van der Waals surface area (Å²) in [7, 11) is 0. The van der Waals surface area contributed by atoms with Crippen molar-refractivity contribution < 1.29 is 18.0 Å². The van der Waals surface area contributed by atoms with E-state index in [1.807, 2.05) is 12.1 Å². The Morgan fingerprint density at radius 3 is 2.58 bits per heavy atom. The van der Waals surface area contributed by atoms with Crippen molar-refractivity contribution in [3.63, 3.8) is 0 Å². The molecule has 36 heavy (non-hydrogen) atoms. The van der Waals surface area contributed by atoms with E-state index in [0.717, 1.165) is 21.0 Å². The van der Waals surface area contributed by atoms with Crippen LogP contribution in [0.2, 0.25) is 0 Å². The molecule has 0 aliphatic carbocycles. The van der Waals surface area contributed by atoms with E-state index >= 15 is 0 Å². The van der Waals surface area contributed by atoms with Crippen molar-refractivity contribution in [1.29, 1.82) is 0 Å². The lowest BCUT2D eigenvalue weighted by atomic mass is 9.99. The largest absolute Gasteiger partial charge is 0.478 e. The van der Waals surface area contributed by atoms with E-state index in [9.17, 15) is 14.0 Å². The van der Waals surface area contributed by atoms with Gasteiger partial charge in [0.05, 0.1) is 11.1 Å². The van der Waals surface area contributed by atoms with Crippen molar-refractivity contribution in [3.05, 3.63) is 109 Å². The molecule has 3 aromatic carbocycles. The zero-order valence-corrected chi connectivity index (χ0v) is 20.5. The highest BCUT2D eigenvalue weighted by Gasteiger charge is 2.23. The van der Waals surface area contributed by atoms with Crippen LogP contribution in [0.5, 0.6) is 5.75 Å². The van der Waals surface area contributed by atoms with Gasteiger partial charge in [-0.1, -0.05) is 28.1 Å². The zero-order valence-electron chi connectivity index (χ0n) is 18.9. The van der Waals surface area contributed by atoms with Gasteiger partial charge in [0.25, 0.3) is 0 Å². The second-order valence-corrected chi connectivity index (χ2v) is 9.65. The van der Waals surface area contributed by atoms with Crippen LogP contribution in [0.25, 0.3) is 33.1 Å². The third kappa shape index (κ3) is 4.23. The molecule has 2 aromatic heterocycles. The summed E-state index contributed by atoms with van der Waals surface area (Å²) in [5.74, 6) is 0.370. The van der Waals surface area contributed by atoms with Crippen molar-refractivity contribution >= 4 is 37.9 Å². The molecule has 6 nitrogen and oxygen atoms in total. The summed E-state index contributed by atoms with van der Waals surface area (Å²) in [6, 6.07) is 18.5. The van der Waals surface area contributed by atoms with Crippen LogP contribution < -0.4 is 16.0 Å². The van der Waals surface area contributed by atoms with Gasteiger partial charge in [0.1, 0.15) is 29.5 Å². The maximum atomic E-state index is 13.2. The number of fused-ring (bicyclic) bond motifs is 4. The van der Waals surface area contributed by atoms with E-state index in [1.165, 1.54) is 18.2 Å². The molecule has 3 heterocycles. The smallest absolute Gasteiger partial charge is 0.344 e. The fourth-order valence-corrected chi connectivity index (χ4v) is 4.94. The standard InChI is InChI=1S/C28H19BrFNO5/c29-18-3-7-24-17(11-18)12-22(28(33)35-24)21-13-26(32)36-27-20(21)6-8-25-23(27)14-31(15-34-25)10-9-16-1-4-19(30)5-2-16/h1-8,11-13H,9-10,14-15H2. The molecule has 0 saturated carbocycles.